The van der Waals surface area contributed by atoms with Crippen molar-refractivity contribution in [3.8, 4) is 5.88 Å². The number of hydrogen-bond acceptors (Lipinski definition) is 5. The third kappa shape index (κ3) is 3.45. The van der Waals surface area contributed by atoms with Gasteiger partial charge in [0.25, 0.3) is 5.88 Å². The smallest absolute Gasteiger partial charge is 0.250 e. The molecule has 0 spiro atoms. The largest absolute Gasteiger partial charge is 0.467 e. The molecule has 0 radical (unpaired) electrons. The molecule has 2 heterocycles. The number of amides is 1. The van der Waals surface area contributed by atoms with Gasteiger partial charge in [-0.2, -0.15) is 0 Å². The summed E-state index contributed by atoms with van der Waals surface area (Å²) in [5, 5.41) is 0. The van der Waals surface area contributed by atoms with Gasteiger partial charge in [-0.15, -0.1) is 0 Å². The fraction of sp³-hybridized carbons (Fsp3) is 0.625. The van der Waals surface area contributed by atoms with Gasteiger partial charge in [-0.25, -0.2) is 9.37 Å². The van der Waals surface area contributed by atoms with Gasteiger partial charge in [0, 0.05) is 19.9 Å². The summed E-state index contributed by atoms with van der Waals surface area (Å²) in [5.41, 5.74) is 0. The van der Waals surface area contributed by atoms with E-state index in [-0.39, 0.29) is 23.9 Å². The van der Waals surface area contributed by atoms with Crippen LogP contribution < -0.4 is 4.74 Å². The summed E-state index contributed by atoms with van der Waals surface area (Å²) in [4.78, 5) is 18.1. The van der Waals surface area contributed by atoms with Crippen LogP contribution in [0.15, 0.2) is 18.3 Å². The maximum absolute atomic E-state index is 13.8. The number of carbonyl (C=O) groups is 1. The number of nitrogens with zero attached hydrogens (tertiary/aromatic N) is 2. The molecule has 2 aliphatic rings. The number of halogens is 1. The van der Waals surface area contributed by atoms with Crippen molar-refractivity contribution in [2.45, 2.75) is 37.5 Å². The van der Waals surface area contributed by atoms with Crippen molar-refractivity contribution in [3.63, 3.8) is 0 Å². The van der Waals surface area contributed by atoms with E-state index in [9.17, 15) is 9.18 Å². The van der Waals surface area contributed by atoms with Crippen molar-refractivity contribution in [3.05, 3.63) is 24.1 Å². The molecule has 1 aliphatic heterocycles. The molecule has 6 nitrogen and oxygen atoms in total. The molecule has 126 valence electrons. The molecular weight excluding hydrogens is 303 g/mol. The molecule has 0 N–H and O–H groups in total. The van der Waals surface area contributed by atoms with Crippen molar-refractivity contribution in [1.82, 2.24) is 9.88 Å². The van der Waals surface area contributed by atoms with Crippen LogP contribution >= 0.6 is 0 Å². The molecule has 3 atom stereocenters. The van der Waals surface area contributed by atoms with Crippen LogP contribution in [0.25, 0.3) is 0 Å². The number of hydrogen-bond donors (Lipinski definition) is 0. The summed E-state index contributed by atoms with van der Waals surface area (Å²) in [5.74, 6) is -0.532. The number of aromatic nitrogens is 1. The maximum Gasteiger partial charge on any atom is 0.250 e. The van der Waals surface area contributed by atoms with Crippen LogP contribution in [0.2, 0.25) is 0 Å². The minimum Gasteiger partial charge on any atom is -0.467 e. The highest BCUT2D eigenvalue weighted by Gasteiger charge is 2.45. The van der Waals surface area contributed by atoms with Crippen LogP contribution in [0.5, 0.6) is 5.88 Å². The number of pyridine rings is 1. The Labute approximate surface area is 134 Å². The third-order valence-corrected chi connectivity index (χ3v) is 4.37. The fourth-order valence-electron chi connectivity index (χ4n) is 3.27. The van der Waals surface area contributed by atoms with Gasteiger partial charge < -0.3 is 19.1 Å². The summed E-state index contributed by atoms with van der Waals surface area (Å²) in [6.45, 7) is 1.37. The van der Waals surface area contributed by atoms with E-state index in [4.69, 9.17) is 14.2 Å². The molecule has 3 rings (SSSR count). The Kier molecular flexibility index (Phi) is 5.07. The van der Waals surface area contributed by atoms with Gasteiger partial charge in [0.05, 0.1) is 31.8 Å². The lowest BCUT2D eigenvalue weighted by Gasteiger charge is -2.31. The minimum absolute atomic E-state index is 0.0121. The van der Waals surface area contributed by atoms with Gasteiger partial charge >= 0.3 is 0 Å². The molecule has 1 saturated heterocycles. The number of carbonyl (C=O) groups excluding carboxylic acids is 1. The zero-order valence-electron chi connectivity index (χ0n) is 13.1. The van der Waals surface area contributed by atoms with Crippen LogP contribution in [0.3, 0.4) is 0 Å². The van der Waals surface area contributed by atoms with Gasteiger partial charge in [-0.3, -0.25) is 4.79 Å². The molecule has 7 heteroatoms. The topological polar surface area (TPSA) is 60.9 Å². The van der Waals surface area contributed by atoms with Crippen molar-refractivity contribution < 1.29 is 23.4 Å². The van der Waals surface area contributed by atoms with Gasteiger partial charge in [0.2, 0.25) is 5.91 Å². The lowest BCUT2D eigenvalue weighted by atomic mass is 10.1. The molecule has 0 unspecified atom stereocenters. The molecule has 1 aliphatic carbocycles. The van der Waals surface area contributed by atoms with Crippen LogP contribution in [0.4, 0.5) is 4.39 Å². The second-order valence-electron chi connectivity index (χ2n) is 5.76. The molecule has 1 aromatic heterocycles. The second kappa shape index (κ2) is 7.23. The quantitative estimate of drug-likeness (QED) is 0.819. The van der Waals surface area contributed by atoms with E-state index in [1.807, 2.05) is 0 Å². The number of rotatable bonds is 5. The lowest BCUT2D eigenvalue weighted by molar-refractivity contribution is -0.135. The van der Waals surface area contributed by atoms with Gasteiger partial charge in [0.15, 0.2) is 5.82 Å². The lowest BCUT2D eigenvalue weighted by Crippen LogP contribution is -2.48. The maximum atomic E-state index is 13.8. The highest BCUT2D eigenvalue weighted by molar-refractivity contribution is 5.76. The molecule has 0 aromatic carbocycles. The molecule has 1 saturated carbocycles. The van der Waals surface area contributed by atoms with E-state index in [0.29, 0.717) is 26.2 Å². The van der Waals surface area contributed by atoms with Crippen LogP contribution in [0.1, 0.15) is 19.3 Å². The number of fused-ring (bicyclic) bond motifs is 2. The summed E-state index contributed by atoms with van der Waals surface area (Å²) in [7, 11) is 1.57. The Morgan fingerprint density at radius 3 is 3.17 bits per heavy atom. The van der Waals surface area contributed by atoms with E-state index in [1.165, 1.54) is 18.3 Å². The molecular formula is C16H21FN2O4. The predicted octanol–water partition coefficient (Wildman–Crippen LogP) is 1.39. The Morgan fingerprint density at radius 1 is 1.52 bits per heavy atom. The Bertz CT molecular complexity index is 557. The molecule has 2 fully saturated rings. The van der Waals surface area contributed by atoms with Gasteiger partial charge in [-0.05, 0) is 25.0 Å². The van der Waals surface area contributed by atoms with Gasteiger partial charge in [0.1, 0.15) is 6.10 Å². The van der Waals surface area contributed by atoms with Crippen molar-refractivity contribution >= 4 is 5.91 Å². The zero-order chi connectivity index (χ0) is 16.2. The first-order valence-electron chi connectivity index (χ1n) is 7.88. The molecule has 2 bridgehead atoms. The normalized spacial score (nSPS) is 26.9. The molecule has 1 amide bonds. The Hall–Kier alpha value is -1.73. The summed E-state index contributed by atoms with van der Waals surface area (Å²) >= 11 is 0. The second-order valence-corrected chi connectivity index (χ2v) is 5.76. The van der Waals surface area contributed by atoms with E-state index in [1.54, 1.807) is 12.0 Å². The molecule has 23 heavy (non-hydrogen) atoms. The predicted molar refractivity (Wildman–Crippen MR) is 79.6 cm³/mol. The summed E-state index contributed by atoms with van der Waals surface area (Å²) < 4.78 is 30.4. The molecule has 1 aromatic rings. The standard InChI is InChI=1S/C16H21FN2O4/c1-21-9-6-14(20)19-8-10-22-13-5-4-12(19)15(13)23-16-11(17)3-2-7-18-16/h2-3,7,12-13,15H,4-6,8-10H2,1H3/t12-,13-,15+/m0/s1. The first-order valence-corrected chi connectivity index (χ1v) is 7.88. The van der Waals surface area contributed by atoms with Crippen LogP contribution in [-0.4, -0.2) is 60.9 Å². The minimum atomic E-state index is -0.506. The Morgan fingerprint density at radius 2 is 2.39 bits per heavy atom. The van der Waals surface area contributed by atoms with E-state index < -0.39 is 11.9 Å². The zero-order valence-corrected chi connectivity index (χ0v) is 13.1. The summed E-state index contributed by atoms with van der Waals surface area (Å²) in [6.07, 6.45) is 2.84. The van der Waals surface area contributed by atoms with Crippen molar-refractivity contribution in [2.75, 3.05) is 26.9 Å². The highest BCUT2D eigenvalue weighted by Crippen LogP contribution is 2.33. The van der Waals surface area contributed by atoms with Crippen LogP contribution in [-0.2, 0) is 14.3 Å². The van der Waals surface area contributed by atoms with E-state index in [0.717, 1.165) is 12.8 Å². The van der Waals surface area contributed by atoms with E-state index >= 15 is 0 Å². The third-order valence-electron chi connectivity index (χ3n) is 4.37. The monoisotopic (exact) mass is 324 g/mol. The highest BCUT2D eigenvalue weighted by atomic mass is 19.1. The van der Waals surface area contributed by atoms with Crippen molar-refractivity contribution in [1.29, 1.82) is 0 Å². The SMILES string of the molecule is COCCC(=O)N1CCO[C@H]2CC[C@H]1[C@H]2Oc1ncccc1F. The fourth-order valence-corrected chi connectivity index (χ4v) is 3.27. The number of methoxy groups -OCH3 is 1. The average molecular weight is 324 g/mol. The Balaban J connectivity index is 1.76. The van der Waals surface area contributed by atoms with Crippen LogP contribution in [0, 0.1) is 5.82 Å². The van der Waals surface area contributed by atoms with E-state index in [2.05, 4.69) is 4.98 Å². The van der Waals surface area contributed by atoms with Crippen molar-refractivity contribution in [2.24, 2.45) is 0 Å². The average Bonchev–Trinajstić information content (AvgIpc) is 2.83. The number of ether oxygens (including phenoxy) is 3. The van der Waals surface area contributed by atoms with Gasteiger partial charge in [-0.1, -0.05) is 0 Å². The summed E-state index contributed by atoms with van der Waals surface area (Å²) in [6, 6.07) is 2.71. The first kappa shape index (κ1) is 16.1. The first-order chi connectivity index (χ1) is 11.2.